The van der Waals surface area contributed by atoms with Crippen molar-refractivity contribution >= 4 is 12.4 Å². The van der Waals surface area contributed by atoms with Gasteiger partial charge in [0.05, 0.1) is 6.10 Å². The molecule has 44 valence electrons. The summed E-state index contributed by atoms with van der Waals surface area (Å²) in [5, 5.41) is 0. The van der Waals surface area contributed by atoms with Crippen LogP contribution in [0.1, 0.15) is 6.42 Å². The topological polar surface area (TPSA) is 35.2 Å². The summed E-state index contributed by atoms with van der Waals surface area (Å²) in [6, 6.07) is 0.343. The second-order valence-corrected chi connectivity index (χ2v) is 1.67. The maximum atomic E-state index is 5.35. The molecule has 0 spiro atoms. The van der Waals surface area contributed by atoms with E-state index in [2.05, 4.69) is 0 Å². The Labute approximate surface area is 49.4 Å². The molecule has 2 atom stereocenters. The lowest BCUT2D eigenvalue weighted by Gasteiger charge is -1.85. The molecule has 1 aliphatic rings. The average molecular weight is 124 g/mol. The predicted molar refractivity (Wildman–Crippen MR) is 30.6 cm³/mol. The van der Waals surface area contributed by atoms with E-state index in [0.29, 0.717) is 12.1 Å². The second kappa shape index (κ2) is 2.50. The van der Waals surface area contributed by atoms with E-state index in [1.54, 1.807) is 7.11 Å². The van der Waals surface area contributed by atoms with E-state index in [9.17, 15) is 0 Å². The van der Waals surface area contributed by atoms with Crippen LogP contribution in [-0.2, 0) is 4.74 Å². The first-order valence-electron chi connectivity index (χ1n) is 2.13. The van der Waals surface area contributed by atoms with E-state index in [-0.39, 0.29) is 12.4 Å². The molecule has 1 aliphatic carbocycles. The Hall–Kier alpha value is 0.210. The summed E-state index contributed by atoms with van der Waals surface area (Å²) in [4.78, 5) is 0. The zero-order valence-corrected chi connectivity index (χ0v) is 5.07. The van der Waals surface area contributed by atoms with Crippen molar-refractivity contribution in [1.29, 1.82) is 0 Å². The van der Waals surface area contributed by atoms with Crippen LogP contribution in [0.4, 0.5) is 0 Å². The highest BCUT2D eigenvalue weighted by atomic mass is 35.5. The molecule has 0 saturated heterocycles. The van der Waals surface area contributed by atoms with Gasteiger partial charge in [0.15, 0.2) is 0 Å². The van der Waals surface area contributed by atoms with Crippen molar-refractivity contribution in [1.82, 2.24) is 0 Å². The van der Waals surface area contributed by atoms with E-state index < -0.39 is 0 Å². The van der Waals surface area contributed by atoms with Crippen LogP contribution in [-0.4, -0.2) is 19.3 Å². The van der Waals surface area contributed by atoms with Gasteiger partial charge < -0.3 is 10.5 Å². The monoisotopic (exact) mass is 123 g/mol. The zero-order chi connectivity index (χ0) is 4.57. The van der Waals surface area contributed by atoms with Gasteiger partial charge in [0.2, 0.25) is 0 Å². The Morgan fingerprint density at radius 2 is 2.14 bits per heavy atom. The zero-order valence-electron chi connectivity index (χ0n) is 4.26. The van der Waals surface area contributed by atoms with Crippen LogP contribution < -0.4 is 5.73 Å². The molecule has 0 heterocycles. The van der Waals surface area contributed by atoms with Crippen molar-refractivity contribution < 1.29 is 4.74 Å². The SMILES string of the molecule is COC1C[C@H]1N.Cl. The van der Waals surface area contributed by atoms with Gasteiger partial charge in [-0.25, -0.2) is 0 Å². The first-order valence-corrected chi connectivity index (χ1v) is 2.13. The minimum absolute atomic E-state index is 0. The fourth-order valence-electron chi connectivity index (χ4n) is 0.461. The van der Waals surface area contributed by atoms with Crippen LogP contribution >= 0.6 is 12.4 Å². The highest BCUT2D eigenvalue weighted by Gasteiger charge is 2.32. The van der Waals surface area contributed by atoms with Gasteiger partial charge in [0.1, 0.15) is 0 Å². The number of nitrogens with two attached hydrogens (primary N) is 1. The summed E-state index contributed by atoms with van der Waals surface area (Å²) < 4.78 is 4.85. The van der Waals surface area contributed by atoms with Gasteiger partial charge in [-0.05, 0) is 6.42 Å². The van der Waals surface area contributed by atoms with Gasteiger partial charge in [-0.3, -0.25) is 0 Å². The second-order valence-electron chi connectivity index (χ2n) is 1.67. The van der Waals surface area contributed by atoms with Crippen LogP contribution in [0.5, 0.6) is 0 Å². The quantitative estimate of drug-likeness (QED) is 0.539. The molecule has 0 aliphatic heterocycles. The lowest BCUT2D eigenvalue weighted by Crippen LogP contribution is -2.05. The molecule has 1 unspecified atom stereocenters. The highest BCUT2D eigenvalue weighted by Crippen LogP contribution is 2.20. The van der Waals surface area contributed by atoms with Crippen LogP contribution in [0, 0.1) is 0 Å². The molecule has 0 aromatic rings. The van der Waals surface area contributed by atoms with Gasteiger partial charge in [-0.2, -0.15) is 0 Å². The Balaban J connectivity index is 0.000000360. The molecule has 1 rings (SSSR count). The fourth-order valence-corrected chi connectivity index (χ4v) is 0.461. The van der Waals surface area contributed by atoms with Crippen LogP contribution in [0.3, 0.4) is 0 Å². The molecule has 2 N–H and O–H groups in total. The largest absolute Gasteiger partial charge is 0.380 e. The number of halogens is 1. The minimum Gasteiger partial charge on any atom is -0.380 e. The standard InChI is InChI=1S/C4H9NO.ClH/c1-6-4-2-3(4)5;/h3-4H,2,5H2,1H3;1H/t3-,4?;/m1./s1. The summed E-state index contributed by atoms with van der Waals surface area (Å²) in [6.07, 6.45) is 1.43. The molecule has 0 bridgehead atoms. The lowest BCUT2D eigenvalue weighted by atomic mass is 10.7. The van der Waals surface area contributed by atoms with Crippen LogP contribution in [0.15, 0.2) is 0 Å². The molecule has 0 amide bonds. The van der Waals surface area contributed by atoms with Crippen molar-refractivity contribution in [3.05, 3.63) is 0 Å². The molecule has 0 aromatic carbocycles. The summed E-state index contributed by atoms with van der Waals surface area (Å²) in [7, 11) is 1.69. The Bertz CT molecular complexity index is 57.7. The third-order valence-corrected chi connectivity index (χ3v) is 1.08. The molecule has 0 aromatic heterocycles. The minimum atomic E-state index is 0. The Morgan fingerprint density at radius 1 is 1.71 bits per heavy atom. The van der Waals surface area contributed by atoms with Gasteiger partial charge in [0, 0.05) is 13.2 Å². The molecule has 3 heteroatoms. The first kappa shape index (κ1) is 7.21. The van der Waals surface area contributed by atoms with Crippen molar-refractivity contribution in [3.63, 3.8) is 0 Å². The number of hydrogen-bond donors (Lipinski definition) is 1. The third kappa shape index (κ3) is 1.63. The normalized spacial score (nSPS) is 36.9. The van der Waals surface area contributed by atoms with Crippen LogP contribution in [0.2, 0.25) is 0 Å². The summed E-state index contributed by atoms with van der Waals surface area (Å²) in [6.45, 7) is 0. The van der Waals surface area contributed by atoms with Gasteiger partial charge in [0.25, 0.3) is 0 Å². The summed E-state index contributed by atoms with van der Waals surface area (Å²) in [5.41, 5.74) is 5.35. The molecular weight excluding hydrogens is 114 g/mol. The maximum Gasteiger partial charge on any atom is 0.0738 e. The van der Waals surface area contributed by atoms with Crippen molar-refractivity contribution in [2.45, 2.75) is 18.6 Å². The van der Waals surface area contributed by atoms with Crippen molar-refractivity contribution in [2.75, 3.05) is 7.11 Å². The van der Waals surface area contributed by atoms with E-state index in [1.165, 1.54) is 0 Å². The Kier molecular flexibility index (Phi) is 2.58. The number of rotatable bonds is 1. The summed E-state index contributed by atoms with van der Waals surface area (Å²) >= 11 is 0. The molecule has 2 nitrogen and oxygen atoms in total. The van der Waals surface area contributed by atoms with Gasteiger partial charge in [-0.1, -0.05) is 0 Å². The first-order chi connectivity index (χ1) is 2.84. The van der Waals surface area contributed by atoms with E-state index in [1.807, 2.05) is 0 Å². The predicted octanol–water partition coefficient (Wildman–Crippen LogP) is 0.154. The number of methoxy groups -OCH3 is 1. The molecule has 7 heavy (non-hydrogen) atoms. The maximum absolute atomic E-state index is 5.35. The average Bonchev–Trinajstić information content (AvgIpc) is 2.19. The van der Waals surface area contributed by atoms with E-state index in [4.69, 9.17) is 10.5 Å². The van der Waals surface area contributed by atoms with Gasteiger partial charge >= 0.3 is 0 Å². The van der Waals surface area contributed by atoms with E-state index in [0.717, 1.165) is 6.42 Å². The van der Waals surface area contributed by atoms with Crippen molar-refractivity contribution in [2.24, 2.45) is 5.73 Å². The number of hydrogen-bond acceptors (Lipinski definition) is 2. The molecule has 0 radical (unpaired) electrons. The Morgan fingerprint density at radius 3 is 2.14 bits per heavy atom. The van der Waals surface area contributed by atoms with Crippen molar-refractivity contribution in [3.8, 4) is 0 Å². The van der Waals surface area contributed by atoms with E-state index >= 15 is 0 Å². The molecule has 1 fully saturated rings. The highest BCUT2D eigenvalue weighted by molar-refractivity contribution is 5.85. The molecule has 1 saturated carbocycles. The number of ether oxygens (including phenoxy) is 1. The third-order valence-electron chi connectivity index (χ3n) is 1.08. The lowest BCUT2D eigenvalue weighted by molar-refractivity contribution is 0.178. The molecular formula is C4H10ClNO. The summed E-state index contributed by atoms with van der Waals surface area (Å²) in [5.74, 6) is 0. The van der Waals surface area contributed by atoms with Crippen LogP contribution in [0.25, 0.3) is 0 Å². The van der Waals surface area contributed by atoms with Gasteiger partial charge in [-0.15, -0.1) is 12.4 Å². The smallest absolute Gasteiger partial charge is 0.0738 e. The fraction of sp³-hybridized carbons (Fsp3) is 1.00.